The van der Waals surface area contributed by atoms with Crippen molar-refractivity contribution in [1.29, 1.82) is 0 Å². The fraction of sp³-hybridized carbons (Fsp3) is 0.600. The second kappa shape index (κ2) is 7.56. The minimum atomic E-state index is 0.639. The molecule has 0 spiro atoms. The zero-order valence-corrected chi connectivity index (χ0v) is 13.4. The number of hydrogen-bond acceptors (Lipinski definition) is 2. The Labute approximate surface area is 123 Å². The fourth-order valence-electron chi connectivity index (χ4n) is 2.14. The number of nitrogens with one attached hydrogen (secondary N) is 1. The monoisotopic (exact) mass is 327 g/mol. The van der Waals surface area contributed by atoms with Crippen molar-refractivity contribution in [3.63, 3.8) is 0 Å². The Morgan fingerprint density at radius 2 is 2.17 bits per heavy atom. The Morgan fingerprint density at radius 3 is 2.83 bits per heavy atom. The summed E-state index contributed by atoms with van der Waals surface area (Å²) < 4.78 is 1.26. The molecule has 0 radical (unpaired) electrons. The lowest BCUT2D eigenvalue weighted by atomic mass is 9.96. The van der Waals surface area contributed by atoms with Crippen LogP contribution in [0.4, 0.5) is 0 Å². The molecule has 1 aliphatic carbocycles. The molecule has 1 aromatic rings. The van der Waals surface area contributed by atoms with Crippen LogP contribution in [0, 0.1) is 0 Å². The predicted molar refractivity (Wildman–Crippen MR) is 85.5 cm³/mol. The molecular weight excluding hydrogens is 306 g/mol. The average molecular weight is 328 g/mol. The molecule has 1 unspecified atom stereocenters. The first kappa shape index (κ1) is 14.4. The van der Waals surface area contributed by atoms with Crippen LogP contribution in [0.5, 0.6) is 0 Å². The summed E-state index contributed by atoms with van der Waals surface area (Å²) in [6, 6.07) is 9.47. The average Bonchev–Trinajstić information content (AvgIpc) is 3.19. The molecule has 1 atom stereocenters. The molecule has 100 valence electrons. The summed E-state index contributed by atoms with van der Waals surface area (Å²) in [6.45, 7) is 3.36. The summed E-state index contributed by atoms with van der Waals surface area (Å²) in [4.78, 5) is 0. The maximum absolute atomic E-state index is 3.69. The fourth-order valence-corrected chi connectivity index (χ4v) is 3.49. The summed E-state index contributed by atoms with van der Waals surface area (Å²) in [6.07, 6.45) is 4.00. The molecule has 1 N–H and O–H groups in total. The molecular formula is C15H22BrNS. The van der Waals surface area contributed by atoms with Gasteiger partial charge in [0.2, 0.25) is 0 Å². The Kier molecular flexibility index (Phi) is 6.06. The van der Waals surface area contributed by atoms with Crippen LogP contribution in [-0.2, 0) is 0 Å². The van der Waals surface area contributed by atoms with E-state index in [2.05, 4.69) is 52.4 Å². The molecule has 1 saturated carbocycles. The van der Waals surface area contributed by atoms with E-state index in [1.165, 1.54) is 40.8 Å². The van der Waals surface area contributed by atoms with Gasteiger partial charge in [0.1, 0.15) is 0 Å². The highest BCUT2D eigenvalue weighted by Crippen LogP contribution is 2.29. The lowest BCUT2D eigenvalue weighted by Crippen LogP contribution is -2.24. The van der Waals surface area contributed by atoms with Gasteiger partial charge in [0, 0.05) is 17.1 Å². The predicted octanol–water partition coefficient (Wildman–Crippen LogP) is 4.43. The van der Waals surface area contributed by atoms with Crippen molar-refractivity contribution in [2.45, 2.75) is 38.1 Å². The first-order valence-corrected chi connectivity index (χ1v) is 8.81. The van der Waals surface area contributed by atoms with Crippen LogP contribution in [0.15, 0.2) is 28.7 Å². The third-order valence-electron chi connectivity index (χ3n) is 3.39. The van der Waals surface area contributed by atoms with Crippen molar-refractivity contribution in [3.8, 4) is 0 Å². The molecule has 18 heavy (non-hydrogen) atoms. The summed E-state index contributed by atoms with van der Waals surface area (Å²) in [5, 5.41) is 3.68. The van der Waals surface area contributed by atoms with Crippen molar-refractivity contribution in [1.82, 2.24) is 5.32 Å². The SMILES string of the molecule is CCSCCC(CNC1CC1)c1ccccc1Br. The van der Waals surface area contributed by atoms with E-state index in [0.29, 0.717) is 5.92 Å². The van der Waals surface area contributed by atoms with Gasteiger partial charge in [0.15, 0.2) is 0 Å². The van der Waals surface area contributed by atoms with Gasteiger partial charge in [0.25, 0.3) is 0 Å². The largest absolute Gasteiger partial charge is 0.313 e. The van der Waals surface area contributed by atoms with Gasteiger partial charge in [-0.05, 0) is 48.3 Å². The van der Waals surface area contributed by atoms with Gasteiger partial charge in [-0.3, -0.25) is 0 Å². The maximum Gasteiger partial charge on any atom is 0.0210 e. The second-order valence-electron chi connectivity index (χ2n) is 4.89. The van der Waals surface area contributed by atoms with Crippen LogP contribution in [0.25, 0.3) is 0 Å². The Bertz CT molecular complexity index is 365. The highest BCUT2D eigenvalue weighted by atomic mass is 79.9. The molecule has 0 saturated heterocycles. The van der Waals surface area contributed by atoms with Gasteiger partial charge in [-0.15, -0.1) is 0 Å². The first-order valence-electron chi connectivity index (χ1n) is 6.86. The minimum absolute atomic E-state index is 0.639. The van der Waals surface area contributed by atoms with Crippen LogP contribution >= 0.6 is 27.7 Å². The van der Waals surface area contributed by atoms with Crippen molar-refractivity contribution in [2.24, 2.45) is 0 Å². The van der Waals surface area contributed by atoms with Crippen molar-refractivity contribution in [3.05, 3.63) is 34.3 Å². The van der Waals surface area contributed by atoms with Crippen LogP contribution < -0.4 is 5.32 Å². The minimum Gasteiger partial charge on any atom is -0.313 e. The molecule has 1 aliphatic rings. The third-order valence-corrected chi connectivity index (χ3v) is 5.04. The summed E-state index contributed by atoms with van der Waals surface area (Å²) >= 11 is 5.74. The quantitative estimate of drug-likeness (QED) is 0.709. The third kappa shape index (κ3) is 4.60. The summed E-state index contributed by atoms with van der Waals surface area (Å²) in [5.74, 6) is 3.12. The maximum atomic E-state index is 3.69. The smallest absolute Gasteiger partial charge is 0.0210 e. The van der Waals surface area contributed by atoms with Gasteiger partial charge in [0.05, 0.1) is 0 Å². The van der Waals surface area contributed by atoms with Crippen molar-refractivity contribution in [2.75, 3.05) is 18.1 Å². The summed E-state index contributed by atoms with van der Waals surface area (Å²) in [7, 11) is 0. The molecule has 0 bridgehead atoms. The molecule has 0 heterocycles. The lowest BCUT2D eigenvalue weighted by Gasteiger charge is -2.19. The molecule has 0 aliphatic heterocycles. The standard InChI is InChI=1S/C15H22BrNS/c1-2-18-10-9-12(11-17-13-7-8-13)14-5-3-4-6-15(14)16/h3-6,12-13,17H,2,7-11H2,1H3. The van der Waals surface area contributed by atoms with Gasteiger partial charge in [-0.2, -0.15) is 11.8 Å². The van der Waals surface area contributed by atoms with Crippen LogP contribution in [0.1, 0.15) is 37.7 Å². The molecule has 0 aromatic heterocycles. The number of halogens is 1. The second-order valence-corrected chi connectivity index (χ2v) is 7.13. The number of hydrogen-bond donors (Lipinski definition) is 1. The first-order chi connectivity index (χ1) is 8.81. The molecule has 1 fully saturated rings. The van der Waals surface area contributed by atoms with Crippen LogP contribution in [0.2, 0.25) is 0 Å². The highest BCUT2D eigenvalue weighted by Gasteiger charge is 2.23. The molecule has 3 heteroatoms. The van der Waals surface area contributed by atoms with E-state index in [4.69, 9.17) is 0 Å². The van der Waals surface area contributed by atoms with Gasteiger partial charge < -0.3 is 5.32 Å². The van der Waals surface area contributed by atoms with E-state index in [0.717, 1.165) is 12.6 Å². The van der Waals surface area contributed by atoms with Crippen LogP contribution in [0.3, 0.4) is 0 Å². The van der Waals surface area contributed by atoms with Gasteiger partial charge >= 0.3 is 0 Å². The van der Waals surface area contributed by atoms with Crippen molar-refractivity contribution < 1.29 is 0 Å². The molecule has 0 amide bonds. The lowest BCUT2D eigenvalue weighted by molar-refractivity contribution is 0.569. The molecule has 1 nitrogen and oxygen atoms in total. The Hall–Kier alpha value is 0.01000. The zero-order chi connectivity index (χ0) is 12.8. The Morgan fingerprint density at radius 1 is 1.39 bits per heavy atom. The van der Waals surface area contributed by atoms with E-state index < -0.39 is 0 Å². The summed E-state index contributed by atoms with van der Waals surface area (Å²) in [5.41, 5.74) is 1.46. The van der Waals surface area contributed by atoms with Crippen molar-refractivity contribution >= 4 is 27.7 Å². The topological polar surface area (TPSA) is 12.0 Å². The number of benzene rings is 1. The highest BCUT2D eigenvalue weighted by molar-refractivity contribution is 9.10. The van der Waals surface area contributed by atoms with E-state index in [-0.39, 0.29) is 0 Å². The Balaban J connectivity index is 1.95. The van der Waals surface area contributed by atoms with Gasteiger partial charge in [-0.1, -0.05) is 41.1 Å². The zero-order valence-electron chi connectivity index (χ0n) is 11.0. The normalized spacial score (nSPS) is 16.8. The van der Waals surface area contributed by atoms with Gasteiger partial charge in [-0.25, -0.2) is 0 Å². The van der Waals surface area contributed by atoms with E-state index in [9.17, 15) is 0 Å². The van der Waals surface area contributed by atoms with E-state index >= 15 is 0 Å². The number of rotatable bonds is 8. The molecule has 1 aromatic carbocycles. The number of thioether (sulfide) groups is 1. The van der Waals surface area contributed by atoms with E-state index in [1.54, 1.807) is 0 Å². The molecule has 2 rings (SSSR count). The van der Waals surface area contributed by atoms with E-state index in [1.807, 2.05) is 11.8 Å². The van der Waals surface area contributed by atoms with Crippen LogP contribution in [-0.4, -0.2) is 24.1 Å².